The highest BCUT2D eigenvalue weighted by molar-refractivity contribution is 7.18. The summed E-state index contributed by atoms with van der Waals surface area (Å²) in [4.78, 5) is 11.0. The van der Waals surface area contributed by atoms with E-state index in [1.54, 1.807) is 17.7 Å². The third-order valence-electron chi connectivity index (χ3n) is 3.14. The van der Waals surface area contributed by atoms with Crippen LogP contribution >= 0.6 is 11.3 Å². The lowest BCUT2D eigenvalue weighted by molar-refractivity contribution is 1.22. The van der Waals surface area contributed by atoms with Crippen LogP contribution < -0.4 is 11.1 Å². The quantitative estimate of drug-likeness (QED) is 0.698. The molecule has 4 nitrogen and oxygen atoms in total. The zero-order valence-corrected chi connectivity index (χ0v) is 11.6. The smallest absolute Gasteiger partial charge is 0.142 e. The van der Waals surface area contributed by atoms with Gasteiger partial charge < -0.3 is 11.1 Å². The fourth-order valence-electron chi connectivity index (χ4n) is 1.98. The van der Waals surface area contributed by atoms with Crippen molar-refractivity contribution in [3.05, 3.63) is 41.0 Å². The first-order chi connectivity index (χ1) is 9.15. The van der Waals surface area contributed by atoms with Gasteiger partial charge in [0.1, 0.15) is 17.0 Å². The summed E-state index contributed by atoms with van der Waals surface area (Å²) in [5.74, 6) is 0.844. The van der Waals surface area contributed by atoms with Crippen LogP contribution in [0.15, 0.2) is 30.6 Å². The SMILES string of the molecule is Cc1sc2ncnc(Nc3ccc(N)cc3)c2c1C. The number of hydrogen-bond acceptors (Lipinski definition) is 5. The molecule has 0 atom stereocenters. The molecule has 0 aliphatic heterocycles. The highest BCUT2D eigenvalue weighted by atomic mass is 32.1. The number of aromatic nitrogens is 2. The summed E-state index contributed by atoms with van der Waals surface area (Å²) in [6.45, 7) is 4.21. The Balaban J connectivity index is 2.07. The largest absolute Gasteiger partial charge is 0.399 e. The van der Waals surface area contributed by atoms with Crippen molar-refractivity contribution in [2.24, 2.45) is 0 Å². The zero-order chi connectivity index (χ0) is 13.4. The molecule has 0 aliphatic carbocycles. The van der Waals surface area contributed by atoms with E-state index in [0.717, 1.165) is 27.4 Å². The van der Waals surface area contributed by atoms with Crippen LogP contribution in [0.5, 0.6) is 0 Å². The number of anilines is 3. The molecule has 19 heavy (non-hydrogen) atoms. The number of nitrogen functional groups attached to an aromatic ring is 1. The topological polar surface area (TPSA) is 63.8 Å². The van der Waals surface area contributed by atoms with Gasteiger partial charge in [-0.1, -0.05) is 0 Å². The molecule has 0 fully saturated rings. The van der Waals surface area contributed by atoms with Crippen LogP contribution in [0.3, 0.4) is 0 Å². The molecule has 1 aromatic carbocycles. The Morgan fingerprint density at radius 3 is 2.58 bits per heavy atom. The van der Waals surface area contributed by atoms with Crippen molar-refractivity contribution in [1.82, 2.24) is 9.97 Å². The third kappa shape index (κ3) is 2.13. The van der Waals surface area contributed by atoms with Gasteiger partial charge in [0.05, 0.1) is 5.39 Å². The van der Waals surface area contributed by atoms with E-state index in [-0.39, 0.29) is 0 Å². The molecule has 0 amide bonds. The summed E-state index contributed by atoms with van der Waals surface area (Å²) in [6.07, 6.45) is 1.59. The molecule has 3 aromatic rings. The normalized spacial score (nSPS) is 10.8. The van der Waals surface area contributed by atoms with Crippen LogP contribution in [0.25, 0.3) is 10.2 Å². The maximum absolute atomic E-state index is 5.69. The van der Waals surface area contributed by atoms with E-state index in [9.17, 15) is 0 Å². The first-order valence-electron chi connectivity index (χ1n) is 5.98. The summed E-state index contributed by atoms with van der Waals surface area (Å²) >= 11 is 1.69. The van der Waals surface area contributed by atoms with Gasteiger partial charge in [-0.05, 0) is 43.7 Å². The predicted octanol–water partition coefficient (Wildman–Crippen LogP) is 3.63. The maximum Gasteiger partial charge on any atom is 0.142 e. The van der Waals surface area contributed by atoms with E-state index in [0.29, 0.717) is 0 Å². The molecule has 0 aliphatic rings. The minimum Gasteiger partial charge on any atom is -0.399 e. The molecule has 0 saturated carbocycles. The number of fused-ring (bicyclic) bond motifs is 1. The molecule has 2 heterocycles. The van der Waals surface area contributed by atoms with Crippen LogP contribution in [-0.4, -0.2) is 9.97 Å². The van der Waals surface area contributed by atoms with Gasteiger partial charge in [0.15, 0.2) is 0 Å². The Morgan fingerprint density at radius 2 is 1.84 bits per heavy atom. The number of aryl methyl sites for hydroxylation is 2. The Hall–Kier alpha value is -2.14. The van der Waals surface area contributed by atoms with Gasteiger partial charge in [-0.15, -0.1) is 11.3 Å². The molecule has 0 saturated heterocycles. The molecule has 0 unspecified atom stereocenters. The van der Waals surface area contributed by atoms with Gasteiger partial charge >= 0.3 is 0 Å². The highest BCUT2D eigenvalue weighted by Gasteiger charge is 2.11. The molecule has 2 aromatic heterocycles. The molecule has 0 bridgehead atoms. The molecular weight excluding hydrogens is 256 g/mol. The Kier molecular flexibility index (Phi) is 2.83. The fraction of sp³-hybridized carbons (Fsp3) is 0.143. The lowest BCUT2D eigenvalue weighted by atomic mass is 10.2. The van der Waals surface area contributed by atoms with Crippen molar-refractivity contribution >= 4 is 38.7 Å². The van der Waals surface area contributed by atoms with Crippen LogP contribution in [0.4, 0.5) is 17.2 Å². The number of rotatable bonds is 2. The van der Waals surface area contributed by atoms with Crippen molar-refractivity contribution in [3.63, 3.8) is 0 Å². The summed E-state index contributed by atoms with van der Waals surface area (Å²) in [5, 5.41) is 4.43. The van der Waals surface area contributed by atoms with Gasteiger partial charge in [-0.3, -0.25) is 0 Å². The van der Waals surface area contributed by atoms with E-state index < -0.39 is 0 Å². The minimum absolute atomic E-state index is 0.751. The van der Waals surface area contributed by atoms with E-state index in [1.165, 1.54) is 10.4 Å². The minimum atomic E-state index is 0.751. The van der Waals surface area contributed by atoms with E-state index >= 15 is 0 Å². The van der Waals surface area contributed by atoms with Crippen molar-refractivity contribution < 1.29 is 0 Å². The monoisotopic (exact) mass is 270 g/mol. The van der Waals surface area contributed by atoms with E-state index in [4.69, 9.17) is 5.73 Å². The molecule has 5 heteroatoms. The van der Waals surface area contributed by atoms with Gasteiger partial charge in [-0.2, -0.15) is 0 Å². The molecule has 96 valence electrons. The van der Waals surface area contributed by atoms with Gasteiger partial charge in [0.2, 0.25) is 0 Å². The number of nitrogens with zero attached hydrogens (tertiary/aromatic N) is 2. The predicted molar refractivity (Wildman–Crippen MR) is 81.0 cm³/mol. The van der Waals surface area contributed by atoms with Crippen molar-refractivity contribution in [2.45, 2.75) is 13.8 Å². The van der Waals surface area contributed by atoms with Crippen LogP contribution in [0.1, 0.15) is 10.4 Å². The lowest BCUT2D eigenvalue weighted by Gasteiger charge is -2.07. The maximum atomic E-state index is 5.69. The van der Waals surface area contributed by atoms with Crippen molar-refractivity contribution in [1.29, 1.82) is 0 Å². The highest BCUT2D eigenvalue weighted by Crippen LogP contribution is 2.33. The second-order valence-electron chi connectivity index (χ2n) is 4.43. The standard InChI is InChI=1S/C14H14N4S/c1-8-9(2)19-14-12(8)13(16-7-17-14)18-11-5-3-10(15)4-6-11/h3-7H,15H2,1-2H3,(H,16,17,18). The Morgan fingerprint density at radius 1 is 1.11 bits per heavy atom. The summed E-state index contributed by atoms with van der Waals surface area (Å²) in [6, 6.07) is 7.62. The molecule has 0 radical (unpaired) electrons. The number of hydrogen-bond donors (Lipinski definition) is 2. The van der Waals surface area contributed by atoms with E-state index in [1.807, 2.05) is 24.3 Å². The zero-order valence-electron chi connectivity index (χ0n) is 10.8. The Bertz CT molecular complexity index is 731. The Labute approximate surface area is 115 Å². The second-order valence-corrected chi connectivity index (χ2v) is 5.64. The average Bonchev–Trinajstić information content (AvgIpc) is 2.69. The van der Waals surface area contributed by atoms with E-state index in [2.05, 4.69) is 29.1 Å². The van der Waals surface area contributed by atoms with Gasteiger partial charge in [0.25, 0.3) is 0 Å². The number of nitrogens with one attached hydrogen (secondary N) is 1. The second kappa shape index (κ2) is 4.51. The molecule has 3 rings (SSSR count). The molecule has 3 N–H and O–H groups in total. The first kappa shape index (κ1) is 11.9. The van der Waals surface area contributed by atoms with Crippen molar-refractivity contribution in [2.75, 3.05) is 11.1 Å². The average molecular weight is 270 g/mol. The lowest BCUT2D eigenvalue weighted by Crippen LogP contribution is -1.95. The first-order valence-corrected chi connectivity index (χ1v) is 6.80. The van der Waals surface area contributed by atoms with Crippen molar-refractivity contribution in [3.8, 4) is 0 Å². The number of nitrogens with two attached hydrogens (primary N) is 1. The molecule has 0 spiro atoms. The van der Waals surface area contributed by atoms with Crippen LogP contribution in [0.2, 0.25) is 0 Å². The van der Waals surface area contributed by atoms with Crippen LogP contribution in [-0.2, 0) is 0 Å². The fourth-order valence-corrected chi connectivity index (χ4v) is 2.98. The van der Waals surface area contributed by atoms with Gasteiger partial charge in [-0.25, -0.2) is 9.97 Å². The summed E-state index contributed by atoms with van der Waals surface area (Å²) < 4.78 is 0. The number of thiophene rings is 1. The summed E-state index contributed by atoms with van der Waals surface area (Å²) in [5.41, 5.74) is 8.64. The van der Waals surface area contributed by atoms with Gasteiger partial charge in [0, 0.05) is 16.3 Å². The third-order valence-corrected chi connectivity index (χ3v) is 4.25. The summed E-state index contributed by atoms with van der Waals surface area (Å²) in [7, 11) is 0. The molecular formula is C14H14N4S. The number of benzene rings is 1. The van der Waals surface area contributed by atoms with Crippen LogP contribution in [0, 0.1) is 13.8 Å².